The Morgan fingerprint density at radius 3 is 2.55 bits per heavy atom. The van der Waals surface area contributed by atoms with Crippen LogP contribution in [0.1, 0.15) is 16.7 Å². The van der Waals surface area contributed by atoms with Crippen molar-refractivity contribution in [3.05, 3.63) is 59.2 Å². The molecular formula is C17H22N2O. The first kappa shape index (κ1) is 14.4. The Labute approximate surface area is 121 Å². The summed E-state index contributed by atoms with van der Waals surface area (Å²) in [6.45, 7) is 3.24. The number of hydrogen-bond acceptors (Lipinski definition) is 3. The molecule has 20 heavy (non-hydrogen) atoms. The molecule has 0 aliphatic rings. The fourth-order valence-corrected chi connectivity index (χ4v) is 2.06. The lowest BCUT2D eigenvalue weighted by atomic mass is 10.1. The molecule has 0 saturated carbocycles. The van der Waals surface area contributed by atoms with Crippen LogP contribution in [-0.2, 0) is 13.2 Å². The molecule has 0 radical (unpaired) electrons. The van der Waals surface area contributed by atoms with Gasteiger partial charge < -0.3 is 15.4 Å². The van der Waals surface area contributed by atoms with E-state index in [1.165, 1.54) is 11.1 Å². The van der Waals surface area contributed by atoms with E-state index < -0.39 is 0 Å². The highest BCUT2D eigenvalue weighted by molar-refractivity contribution is 5.49. The third-order valence-electron chi connectivity index (χ3n) is 3.37. The standard InChI is InChI=1S/C17H22N2O/c1-13-9-14(11-18)7-8-15(13)12-20-17-6-4-5-16(10-17)19(2)3/h4-10H,11-12,18H2,1-3H3. The highest BCUT2D eigenvalue weighted by Crippen LogP contribution is 2.21. The second kappa shape index (κ2) is 6.44. The van der Waals surface area contributed by atoms with Crippen LogP contribution >= 0.6 is 0 Å². The van der Waals surface area contributed by atoms with Gasteiger partial charge in [-0.2, -0.15) is 0 Å². The molecule has 3 nitrogen and oxygen atoms in total. The Morgan fingerprint density at radius 1 is 1.10 bits per heavy atom. The van der Waals surface area contributed by atoms with Crippen LogP contribution in [0.15, 0.2) is 42.5 Å². The molecule has 0 aliphatic heterocycles. The van der Waals surface area contributed by atoms with Gasteiger partial charge in [-0.1, -0.05) is 24.3 Å². The van der Waals surface area contributed by atoms with Crippen LogP contribution in [-0.4, -0.2) is 14.1 Å². The molecule has 0 bridgehead atoms. The molecule has 0 atom stereocenters. The molecule has 106 valence electrons. The number of anilines is 1. The minimum atomic E-state index is 0.576. The van der Waals surface area contributed by atoms with Crippen LogP contribution < -0.4 is 15.4 Å². The summed E-state index contributed by atoms with van der Waals surface area (Å²) in [7, 11) is 4.05. The van der Waals surface area contributed by atoms with Crippen molar-refractivity contribution in [3.8, 4) is 5.75 Å². The maximum absolute atomic E-state index is 5.88. The van der Waals surface area contributed by atoms with Crippen molar-refractivity contribution in [2.45, 2.75) is 20.1 Å². The van der Waals surface area contributed by atoms with Gasteiger partial charge >= 0.3 is 0 Å². The zero-order chi connectivity index (χ0) is 14.5. The lowest BCUT2D eigenvalue weighted by Crippen LogP contribution is -2.08. The minimum Gasteiger partial charge on any atom is -0.489 e. The van der Waals surface area contributed by atoms with Crippen molar-refractivity contribution in [3.63, 3.8) is 0 Å². The Balaban J connectivity index is 2.07. The SMILES string of the molecule is Cc1cc(CN)ccc1COc1cccc(N(C)C)c1. The number of rotatable bonds is 5. The monoisotopic (exact) mass is 270 g/mol. The Bertz CT molecular complexity index is 579. The molecule has 2 N–H and O–H groups in total. The molecule has 3 heteroatoms. The molecule has 2 aromatic rings. The second-order valence-corrected chi connectivity index (χ2v) is 5.15. The zero-order valence-corrected chi connectivity index (χ0v) is 12.4. The number of hydrogen-bond donors (Lipinski definition) is 1. The summed E-state index contributed by atoms with van der Waals surface area (Å²) in [5, 5.41) is 0. The molecule has 2 aromatic carbocycles. The summed E-state index contributed by atoms with van der Waals surface area (Å²) in [6, 6.07) is 14.4. The lowest BCUT2D eigenvalue weighted by Gasteiger charge is -2.14. The van der Waals surface area contributed by atoms with Crippen molar-refractivity contribution in [1.82, 2.24) is 0 Å². The Kier molecular flexibility index (Phi) is 4.64. The van der Waals surface area contributed by atoms with Gasteiger partial charge in [0.15, 0.2) is 0 Å². The second-order valence-electron chi connectivity index (χ2n) is 5.15. The van der Waals surface area contributed by atoms with Crippen LogP contribution in [0.5, 0.6) is 5.75 Å². The fourth-order valence-electron chi connectivity index (χ4n) is 2.06. The van der Waals surface area contributed by atoms with Gasteiger partial charge in [0, 0.05) is 32.4 Å². The average molecular weight is 270 g/mol. The first-order valence-corrected chi connectivity index (χ1v) is 6.79. The third-order valence-corrected chi connectivity index (χ3v) is 3.37. The van der Waals surface area contributed by atoms with Crippen molar-refractivity contribution >= 4 is 5.69 Å². The van der Waals surface area contributed by atoms with Crippen LogP contribution in [0.3, 0.4) is 0 Å². The summed E-state index contributed by atoms with van der Waals surface area (Å²) in [4.78, 5) is 2.06. The van der Waals surface area contributed by atoms with Gasteiger partial charge in [-0.3, -0.25) is 0 Å². The van der Waals surface area contributed by atoms with Gasteiger partial charge in [0.25, 0.3) is 0 Å². The van der Waals surface area contributed by atoms with E-state index in [-0.39, 0.29) is 0 Å². The molecule has 0 aromatic heterocycles. The molecule has 0 unspecified atom stereocenters. The first-order valence-electron chi connectivity index (χ1n) is 6.79. The number of aryl methyl sites for hydroxylation is 1. The number of benzene rings is 2. The topological polar surface area (TPSA) is 38.5 Å². The van der Waals surface area contributed by atoms with Crippen LogP contribution in [0.25, 0.3) is 0 Å². The van der Waals surface area contributed by atoms with E-state index in [1.54, 1.807) is 0 Å². The van der Waals surface area contributed by atoms with Crippen LogP contribution in [0, 0.1) is 6.92 Å². The highest BCUT2D eigenvalue weighted by atomic mass is 16.5. The Morgan fingerprint density at radius 2 is 1.90 bits per heavy atom. The molecular weight excluding hydrogens is 248 g/mol. The van der Waals surface area contributed by atoms with Gasteiger partial charge in [0.05, 0.1) is 0 Å². The van der Waals surface area contributed by atoms with Crippen molar-refractivity contribution in [1.29, 1.82) is 0 Å². The van der Waals surface area contributed by atoms with Crippen LogP contribution in [0.2, 0.25) is 0 Å². The van der Waals surface area contributed by atoms with Gasteiger partial charge in [0.2, 0.25) is 0 Å². The van der Waals surface area contributed by atoms with Gasteiger partial charge in [-0.25, -0.2) is 0 Å². The van der Waals surface area contributed by atoms with Gasteiger partial charge in [-0.15, -0.1) is 0 Å². The molecule has 0 amide bonds. The maximum atomic E-state index is 5.88. The summed E-state index contributed by atoms with van der Waals surface area (Å²) in [5.74, 6) is 0.888. The van der Waals surface area contributed by atoms with Crippen LogP contribution in [0.4, 0.5) is 5.69 Å². The molecule has 0 saturated heterocycles. The first-order chi connectivity index (χ1) is 9.60. The van der Waals surface area contributed by atoms with E-state index in [2.05, 4.69) is 36.1 Å². The van der Waals surface area contributed by atoms with E-state index in [1.807, 2.05) is 32.3 Å². The minimum absolute atomic E-state index is 0.576. The van der Waals surface area contributed by atoms with Crippen molar-refractivity contribution < 1.29 is 4.74 Å². The molecule has 0 aliphatic carbocycles. The Hall–Kier alpha value is -2.00. The summed E-state index contributed by atoms with van der Waals surface area (Å²) in [5.41, 5.74) is 10.3. The molecule has 2 rings (SSSR count). The van der Waals surface area contributed by atoms with Gasteiger partial charge in [0.1, 0.15) is 12.4 Å². The van der Waals surface area contributed by atoms with Crippen molar-refractivity contribution in [2.75, 3.05) is 19.0 Å². The van der Waals surface area contributed by atoms with Crippen molar-refractivity contribution in [2.24, 2.45) is 5.73 Å². The van der Waals surface area contributed by atoms with E-state index >= 15 is 0 Å². The highest BCUT2D eigenvalue weighted by Gasteiger charge is 2.02. The fraction of sp³-hybridized carbons (Fsp3) is 0.294. The molecule has 0 spiro atoms. The van der Waals surface area contributed by atoms with E-state index in [0.29, 0.717) is 13.2 Å². The third kappa shape index (κ3) is 3.52. The number of nitrogens with two attached hydrogens (primary N) is 1. The number of nitrogens with zero attached hydrogens (tertiary/aromatic N) is 1. The average Bonchev–Trinajstić information content (AvgIpc) is 2.46. The predicted octanol–water partition coefficient (Wildman–Crippen LogP) is 3.10. The lowest BCUT2D eigenvalue weighted by molar-refractivity contribution is 0.305. The predicted molar refractivity (Wildman–Crippen MR) is 84.2 cm³/mol. The number of ether oxygens (including phenoxy) is 1. The summed E-state index contributed by atoms with van der Waals surface area (Å²) >= 11 is 0. The smallest absolute Gasteiger partial charge is 0.121 e. The normalized spacial score (nSPS) is 10.4. The van der Waals surface area contributed by atoms with E-state index in [4.69, 9.17) is 10.5 Å². The quantitative estimate of drug-likeness (QED) is 0.907. The molecule has 0 heterocycles. The van der Waals surface area contributed by atoms with Gasteiger partial charge in [-0.05, 0) is 35.7 Å². The molecule has 0 fully saturated rings. The maximum Gasteiger partial charge on any atom is 0.121 e. The van der Waals surface area contributed by atoms with E-state index in [0.717, 1.165) is 17.0 Å². The zero-order valence-electron chi connectivity index (χ0n) is 12.4. The van der Waals surface area contributed by atoms with E-state index in [9.17, 15) is 0 Å². The summed E-state index contributed by atoms with van der Waals surface area (Å²) in [6.07, 6.45) is 0. The largest absolute Gasteiger partial charge is 0.489 e. The summed E-state index contributed by atoms with van der Waals surface area (Å²) < 4.78 is 5.88.